The van der Waals surface area contributed by atoms with Gasteiger partial charge < -0.3 is 19.3 Å². The molecule has 4 amide bonds. The van der Waals surface area contributed by atoms with Crippen molar-refractivity contribution < 1.29 is 33.7 Å². The molecule has 1 fully saturated rings. The van der Waals surface area contributed by atoms with E-state index >= 15 is 0 Å². The molecule has 1 aliphatic rings. The van der Waals surface area contributed by atoms with Crippen LogP contribution in [0.2, 0.25) is 0 Å². The van der Waals surface area contributed by atoms with E-state index in [1.54, 1.807) is 48.9 Å². The number of ether oxygens (including phenoxy) is 3. The van der Waals surface area contributed by atoms with Crippen LogP contribution in [0.15, 0.2) is 48.7 Å². The number of carbonyl (C=O) groups excluding carboxylic acids is 3. The number of fused-ring (bicyclic) bond motifs is 1. The number of aromatic nitrogens is 2. The molecule has 1 saturated heterocycles. The molecule has 0 unspecified atom stereocenters. The van der Waals surface area contributed by atoms with Crippen LogP contribution < -0.4 is 20.1 Å². The number of imide groups is 2. The minimum Gasteiger partial charge on any atom is -0.467 e. The predicted octanol–water partition coefficient (Wildman–Crippen LogP) is 2.12. The maximum Gasteiger partial charge on any atom is 0.328 e. The van der Waals surface area contributed by atoms with Crippen LogP contribution in [0.1, 0.15) is 20.3 Å². The lowest BCUT2D eigenvalue weighted by Gasteiger charge is -2.34. The highest BCUT2D eigenvalue weighted by molar-refractivity contribution is 6.21. The van der Waals surface area contributed by atoms with Gasteiger partial charge in [-0.15, -0.1) is 0 Å². The van der Waals surface area contributed by atoms with Crippen LogP contribution in [-0.4, -0.2) is 57.7 Å². The van der Waals surface area contributed by atoms with Crippen LogP contribution in [0, 0.1) is 0 Å². The maximum atomic E-state index is 12.5. The fourth-order valence-electron chi connectivity index (χ4n) is 3.67. The Morgan fingerprint density at radius 3 is 2.26 bits per heavy atom. The zero-order chi connectivity index (χ0) is 25.2. The molecular weight excluding hydrogens is 456 g/mol. The summed E-state index contributed by atoms with van der Waals surface area (Å²) < 4.78 is 18.4. The minimum atomic E-state index is -1.94. The number of hydrogen-bond donors (Lipinski definition) is 3. The van der Waals surface area contributed by atoms with Crippen molar-refractivity contribution in [3.63, 3.8) is 0 Å². The number of nitrogens with zero attached hydrogens (tertiary/aromatic N) is 2. The SMILES string of the molecule is COCCC1(Oc2ccc(Oc3ccc4nn(CC(C)(C)O)cc4c3)cc2)C(=O)NC(=O)NC1=O. The molecule has 11 nitrogen and oxygen atoms in total. The van der Waals surface area contributed by atoms with Crippen molar-refractivity contribution in [3.8, 4) is 17.2 Å². The van der Waals surface area contributed by atoms with Crippen LogP contribution in [0.5, 0.6) is 17.2 Å². The number of amides is 4. The number of benzene rings is 2. The molecule has 0 spiro atoms. The van der Waals surface area contributed by atoms with Gasteiger partial charge in [0.1, 0.15) is 17.2 Å². The van der Waals surface area contributed by atoms with E-state index in [-0.39, 0.29) is 18.8 Å². The molecule has 0 atom stereocenters. The van der Waals surface area contributed by atoms with Gasteiger partial charge in [0.05, 0.1) is 24.3 Å². The number of nitrogens with one attached hydrogen (secondary N) is 2. The predicted molar refractivity (Wildman–Crippen MR) is 124 cm³/mol. The molecule has 3 N–H and O–H groups in total. The van der Waals surface area contributed by atoms with Gasteiger partial charge >= 0.3 is 6.03 Å². The molecule has 1 aromatic heterocycles. The highest BCUT2D eigenvalue weighted by Crippen LogP contribution is 2.29. The molecule has 0 aliphatic carbocycles. The Bertz CT molecular complexity index is 1240. The summed E-state index contributed by atoms with van der Waals surface area (Å²) in [5, 5.41) is 19.4. The van der Waals surface area contributed by atoms with E-state index in [0.29, 0.717) is 18.0 Å². The molecule has 0 radical (unpaired) electrons. The molecule has 184 valence electrons. The molecule has 2 heterocycles. The summed E-state index contributed by atoms with van der Waals surface area (Å²) in [5.74, 6) is -0.407. The first kappa shape index (κ1) is 24.2. The van der Waals surface area contributed by atoms with Crippen LogP contribution in [0.25, 0.3) is 10.9 Å². The summed E-state index contributed by atoms with van der Waals surface area (Å²) in [6.45, 7) is 3.85. The van der Waals surface area contributed by atoms with Crippen molar-refractivity contribution in [1.29, 1.82) is 0 Å². The average molecular weight is 482 g/mol. The number of barbiturate groups is 1. The number of aliphatic hydroxyl groups is 1. The fourth-order valence-corrected chi connectivity index (χ4v) is 3.67. The van der Waals surface area contributed by atoms with E-state index in [1.165, 1.54) is 7.11 Å². The Labute approximate surface area is 201 Å². The quantitative estimate of drug-likeness (QED) is 0.394. The van der Waals surface area contributed by atoms with Crippen molar-refractivity contribution in [3.05, 3.63) is 48.7 Å². The maximum absolute atomic E-state index is 12.5. The highest BCUT2D eigenvalue weighted by atomic mass is 16.5. The van der Waals surface area contributed by atoms with Gasteiger partial charge in [0.2, 0.25) is 0 Å². The van der Waals surface area contributed by atoms with Crippen molar-refractivity contribution in [2.45, 2.75) is 38.0 Å². The van der Waals surface area contributed by atoms with E-state index < -0.39 is 29.0 Å². The number of methoxy groups -OCH3 is 1. The topological polar surface area (TPSA) is 141 Å². The first-order valence-corrected chi connectivity index (χ1v) is 10.9. The molecular formula is C24H26N4O7. The molecule has 3 aromatic rings. The zero-order valence-electron chi connectivity index (χ0n) is 19.5. The van der Waals surface area contributed by atoms with Gasteiger partial charge in [-0.1, -0.05) is 0 Å². The third kappa shape index (κ3) is 5.42. The molecule has 2 aromatic carbocycles. The van der Waals surface area contributed by atoms with E-state index in [2.05, 4.69) is 15.7 Å². The van der Waals surface area contributed by atoms with Gasteiger partial charge in [-0.3, -0.25) is 24.9 Å². The lowest BCUT2D eigenvalue weighted by atomic mass is 9.95. The van der Waals surface area contributed by atoms with Gasteiger partial charge in [-0.05, 0) is 56.3 Å². The van der Waals surface area contributed by atoms with E-state index in [9.17, 15) is 19.5 Å². The van der Waals surface area contributed by atoms with Crippen molar-refractivity contribution in [2.24, 2.45) is 0 Å². The number of hydrogen-bond acceptors (Lipinski definition) is 8. The summed E-state index contributed by atoms with van der Waals surface area (Å²) in [4.78, 5) is 36.5. The largest absolute Gasteiger partial charge is 0.467 e. The summed E-state index contributed by atoms with van der Waals surface area (Å²) in [5.41, 5.74) is -2.06. The Kier molecular flexibility index (Phi) is 6.46. The molecule has 4 rings (SSSR count). The summed E-state index contributed by atoms with van der Waals surface area (Å²) in [7, 11) is 1.43. The Morgan fingerprint density at radius 1 is 1.00 bits per heavy atom. The minimum absolute atomic E-state index is 0.0606. The fraction of sp³-hybridized carbons (Fsp3) is 0.333. The zero-order valence-corrected chi connectivity index (χ0v) is 19.5. The summed E-state index contributed by atoms with van der Waals surface area (Å²) in [6.07, 6.45) is 1.75. The number of urea groups is 1. The van der Waals surface area contributed by atoms with Crippen molar-refractivity contribution >= 4 is 28.7 Å². The van der Waals surface area contributed by atoms with Crippen molar-refractivity contribution in [1.82, 2.24) is 20.4 Å². The third-order valence-electron chi connectivity index (χ3n) is 5.27. The first-order chi connectivity index (χ1) is 16.6. The lowest BCUT2D eigenvalue weighted by Crippen LogP contribution is -2.69. The Balaban J connectivity index is 1.49. The molecule has 11 heteroatoms. The first-order valence-electron chi connectivity index (χ1n) is 10.9. The Morgan fingerprint density at radius 2 is 1.63 bits per heavy atom. The monoisotopic (exact) mass is 482 g/mol. The van der Waals surface area contributed by atoms with E-state index in [1.807, 2.05) is 18.3 Å². The van der Waals surface area contributed by atoms with E-state index in [0.717, 1.165) is 10.9 Å². The smallest absolute Gasteiger partial charge is 0.328 e. The van der Waals surface area contributed by atoms with Crippen LogP contribution >= 0.6 is 0 Å². The number of rotatable bonds is 9. The van der Waals surface area contributed by atoms with E-state index in [4.69, 9.17) is 14.2 Å². The standard InChI is InChI=1S/C24H26N4O7/c1-23(2,32)14-28-13-15-12-18(8-9-19(15)27-28)34-16-4-6-17(7-5-16)35-24(10-11-33-3)20(29)25-22(31)26-21(24)30/h4-9,12-13,32H,10-11,14H2,1-3H3,(H2,25,26,29,30,31). The van der Waals surface area contributed by atoms with Crippen LogP contribution in [0.4, 0.5) is 4.79 Å². The van der Waals surface area contributed by atoms with Gasteiger partial charge in [-0.2, -0.15) is 5.10 Å². The summed E-state index contributed by atoms with van der Waals surface area (Å²) >= 11 is 0. The normalized spacial score (nSPS) is 15.6. The molecule has 0 saturated carbocycles. The second-order valence-electron chi connectivity index (χ2n) is 8.84. The van der Waals surface area contributed by atoms with Gasteiger partial charge in [0, 0.05) is 25.1 Å². The van der Waals surface area contributed by atoms with Gasteiger partial charge in [0.25, 0.3) is 17.4 Å². The van der Waals surface area contributed by atoms with Crippen LogP contribution in [-0.2, 0) is 20.9 Å². The Hall–Kier alpha value is -3.96. The summed E-state index contributed by atoms with van der Waals surface area (Å²) in [6, 6.07) is 10.9. The lowest BCUT2D eigenvalue weighted by molar-refractivity contribution is -0.153. The highest BCUT2D eigenvalue weighted by Gasteiger charge is 2.52. The number of carbonyl (C=O) groups is 3. The van der Waals surface area contributed by atoms with Crippen molar-refractivity contribution in [2.75, 3.05) is 13.7 Å². The molecule has 1 aliphatic heterocycles. The average Bonchev–Trinajstić information content (AvgIpc) is 3.16. The molecule has 0 bridgehead atoms. The van der Waals surface area contributed by atoms with Gasteiger partial charge in [0.15, 0.2) is 0 Å². The second kappa shape index (κ2) is 9.35. The van der Waals surface area contributed by atoms with Crippen LogP contribution in [0.3, 0.4) is 0 Å². The second-order valence-corrected chi connectivity index (χ2v) is 8.84. The van der Waals surface area contributed by atoms with Gasteiger partial charge in [-0.25, -0.2) is 4.79 Å². The molecule has 35 heavy (non-hydrogen) atoms. The third-order valence-corrected chi connectivity index (χ3v) is 5.27.